The van der Waals surface area contributed by atoms with Gasteiger partial charge in [-0.3, -0.25) is 0 Å². The van der Waals surface area contributed by atoms with Crippen molar-refractivity contribution in [2.24, 2.45) is 16.6 Å². The van der Waals surface area contributed by atoms with Crippen LogP contribution in [0.15, 0.2) is 72.2 Å². The van der Waals surface area contributed by atoms with E-state index >= 15 is 0 Å². The number of hydrogen-bond donors (Lipinski definition) is 2. The molecule has 3 aromatic rings. The molecule has 0 bridgehead atoms. The SMILES string of the molecule is CC(C)CNC(N)=NCc1ccccc1-c1ccc(Cn2ccnc2)cc1.I. The Labute approximate surface area is 184 Å². The first-order chi connectivity index (χ1) is 13.1. The van der Waals surface area contributed by atoms with E-state index in [1.807, 2.05) is 18.6 Å². The molecule has 0 saturated carbocycles. The predicted octanol–water partition coefficient (Wildman–Crippen LogP) is 4.28. The fourth-order valence-corrected chi connectivity index (χ4v) is 2.86. The van der Waals surface area contributed by atoms with Crippen molar-refractivity contribution < 1.29 is 0 Å². The first-order valence-electron chi connectivity index (χ1n) is 9.28. The van der Waals surface area contributed by atoms with Crippen molar-refractivity contribution in [1.29, 1.82) is 0 Å². The fourth-order valence-electron chi connectivity index (χ4n) is 2.86. The highest BCUT2D eigenvalue weighted by molar-refractivity contribution is 14.0. The Bertz CT molecular complexity index is 870. The lowest BCUT2D eigenvalue weighted by Crippen LogP contribution is -2.34. The van der Waals surface area contributed by atoms with E-state index in [2.05, 4.69) is 76.2 Å². The van der Waals surface area contributed by atoms with Gasteiger partial charge in [0.25, 0.3) is 0 Å². The van der Waals surface area contributed by atoms with Gasteiger partial charge in [-0.1, -0.05) is 62.4 Å². The summed E-state index contributed by atoms with van der Waals surface area (Å²) in [6, 6.07) is 17.0. The average Bonchev–Trinajstić information content (AvgIpc) is 3.18. The van der Waals surface area contributed by atoms with Gasteiger partial charge in [0.2, 0.25) is 0 Å². The van der Waals surface area contributed by atoms with Crippen molar-refractivity contribution in [1.82, 2.24) is 14.9 Å². The smallest absolute Gasteiger partial charge is 0.188 e. The van der Waals surface area contributed by atoms with E-state index in [0.717, 1.165) is 18.7 Å². The molecule has 0 fully saturated rings. The van der Waals surface area contributed by atoms with Gasteiger partial charge in [-0.15, -0.1) is 24.0 Å². The minimum Gasteiger partial charge on any atom is -0.370 e. The zero-order chi connectivity index (χ0) is 19.1. The summed E-state index contributed by atoms with van der Waals surface area (Å²) >= 11 is 0. The van der Waals surface area contributed by atoms with Gasteiger partial charge < -0.3 is 15.6 Å². The highest BCUT2D eigenvalue weighted by Crippen LogP contribution is 2.25. The van der Waals surface area contributed by atoms with Crippen molar-refractivity contribution in [2.45, 2.75) is 26.9 Å². The van der Waals surface area contributed by atoms with Crippen LogP contribution < -0.4 is 11.1 Å². The number of aliphatic imine (C=N–C) groups is 1. The van der Waals surface area contributed by atoms with Crippen LogP contribution in [0.4, 0.5) is 0 Å². The van der Waals surface area contributed by atoms with E-state index in [4.69, 9.17) is 5.73 Å². The highest BCUT2D eigenvalue weighted by atomic mass is 127. The molecule has 1 aromatic heterocycles. The Morgan fingerprint density at radius 3 is 2.57 bits per heavy atom. The maximum atomic E-state index is 5.97. The van der Waals surface area contributed by atoms with Crippen LogP contribution in [0.3, 0.4) is 0 Å². The first-order valence-corrected chi connectivity index (χ1v) is 9.28. The Morgan fingerprint density at radius 1 is 1.14 bits per heavy atom. The number of rotatable bonds is 7. The number of halogens is 1. The standard InChI is InChI=1S/C22H27N5.HI/c1-17(2)13-25-22(23)26-14-20-5-3-4-6-21(20)19-9-7-18(8-10-19)15-27-12-11-24-16-27;/h3-12,16-17H,13-15H2,1-2H3,(H3,23,25,26);1H. The van der Waals surface area contributed by atoms with Gasteiger partial charge in [0.05, 0.1) is 12.9 Å². The Kier molecular flexibility index (Phi) is 8.50. The minimum atomic E-state index is 0. The molecule has 0 radical (unpaired) electrons. The maximum Gasteiger partial charge on any atom is 0.188 e. The van der Waals surface area contributed by atoms with Crippen molar-refractivity contribution in [2.75, 3.05) is 6.54 Å². The number of nitrogens with one attached hydrogen (secondary N) is 1. The van der Waals surface area contributed by atoms with Crippen LogP contribution in [-0.4, -0.2) is 22.1 Å². The second-order valence-electron chi connectivity index (χ2n) is 7.07. The van der Waals surface area contributed by atoms with Crippen LogP contribution in [0.1, 0.15) is 25.0 Å². The van der Waals surface area contributed by atoms with Gasteiger partial charge >= 0.3 is 0 Å². The van der Waals surface area contributed by atoms with Crippen molar-refractivity contribution >= 4 is 29.9 Å². The van der Waals surface area contributed by atoms with E-state index in [0.29, 0.717) is 18.4 Å². The van der Waals surface area contributed by atoms with Crippen LogP contribution in [0, 0.1) is 5.92 Å². The third-order valence-electron chi connectivity index (χ3n) is 4.32. The quantitative estimate of drug-likeness (QED) is 0.296. The number of nitrogens with zero attached hydrogens (tertiary/aromatic N) is 3. The molecule has 1 heterocycles. The summed E-state index contributed by atoms with van der Waals surface area (Å²) < 4.78 is 2.06. The molecule has 5 nitrogen and oxygen atoms in total. The molecule has 0 spiro atoms. The molecule has 2 aromatic carbocycles. The zero-order valence-electron chi connectivity index (χ0n) is 16.4. The lowest BCUT2D eigenvalue weighted by atomic mass is 9.98. The summed E-state index contributed by atoms with van der Waals surface area (Å²) in [4.78, 5) is 8.58. The minimum absolute atomic E-state index is 0. The van der Waals surface area contributed by atoms with E-state index in [1.54, 1.807) is 6.20 Å². The molecule has 0 atom stereocenters. The molecule has 0 aliphatic rings. The van der Waals surface area contributed by atoms with Gasteiger partial charge in [0.15, 0.2) is 5.96 Å². The summed E-state index contributed by atoms with van der Waals surface area (Å²) in [5, 5.41) is 3.16. The maximum absolute atomic E-state index is 5.97. The molecule has 3 N–H and O–H groups in total. The monoisotopic (exact) mass is 489 g/mol. The first kappa shape index (κ1) is 21.9. The summed E-state index contributed by atoms with van der Waals surface area (Å²) in [5.74, 6) is 1.03. The van der Waals surface area contributed by atoms with Gasteiger partial charge in [0, 0.05) is 25.5 Å². The van der Waals surface area contributed by atoms with E-state index < -0.39 is 0 Å². The Hall–Kier alpha value is -2.35. The topological polar surface area (TPSA) is 68.2 Å². The number of nitrogens with two attached hydrogens (primary N) is 1. The predicted molar refractivity (Wildman–Crippen MR) is 127 cm³/mol. The van der Waals surface area contributed by atoms with Crippen LogP contribution in [-0.2, 0) is 13.1 Å². The number of imidazole rings is 1. The molecule has 0 saturated heterocycles. The summed E-state index contributed by atoms with van der Waals surface area (Å²) in [5.41, 5.74) is 10.8. The van der Waals surface area contributed by atoms with Gasteiger partial charge in [-0.25, -0.2) is 9.98 Å². The Balaban J connectivity index is 0.00000280. The second kappa shape index (κ2) is 10.8. The number of guanidine groups is 1. The number of hydrogen-bond acceptors (Lipinski definition) is 2. The third kappa shape index (κ3) is 6.37. The van der Waals surface area contributed by atoms with Crippen LogP contribution in [0.5, 0.6) is 0 Å². The number of benzene rings is 2. The lowest BCUT2D eigenvalue weighted by Gasteiger charge is -2.11. The summed E-state index contributed by atoms with van der Waals surface area (Å²) in [6.07, 6.45) is 5.60. The molecule has 28 heavy (non-hydrogen) atoms. The summed E-state index contributed by atoms with van der Waals surface area (Å²) in [6.45, 7) is 6.50. The molecule has 0 aliphatic carbocycles. The van der Waals surface area contributed by atoms with Crippen molar-refractivity contribution in [3.05, 3.63) is 78.4 Å². The number of aromatic nitrogens is 2. The van der Waals surface area contributed by atoms with Crippen molar-refractivity contribution in [3.8, 4) is 11.1 Å². The van der Waals surface area contributed by atoms with Crippen LogP contribution >= 0.6 is 24.0 Å². The van der Waals surface area contributed by atoms with E-state index in [-0.39, 0.29) is 24.0 Å². The lowest BCUT2D eigenvalue weighted by molar-refractivity contribution is 0.622. The zero-order valence-corrected chi connectivity index (χ0v) is 18.7. The average molecular weight is 489 g/mol. The van der Waals surface area contributed by atoms with Crippen LogP contribution in [0.25, 0.3) is 11.1 Å². The third-order valence-corrected chi connectivity index (χ3v) is 4.32. The molecule has 6 heteroatoms. The molecular formula is C22H28IN5. The highest BCUT2D eigenvalue weighted by Gasteiger charge is 2.05. The molecule has 0 amide bonds. The Morgan fingerprint density at radius 2 is 1.89 bits per heavy atom. The van der Waals surface area contributed by atoms with E-state index in [1.165, 1.54) is 16.7 Å². The van der Waals surface area contributed by atoms with E-state index in [9.17, 15) is 0 Å². The normalized spacial score (nSPS) is 11.3. The van der Waals surface area contributed by atoms with Gasteiger partial charge in [-0.2, -0.15) is 0 Å². The molecule has 3 rings (SSSR count). The molecule has 0 unspecified atom stereocenters. The fraction of sp³-hybridized carbons (Fsp3) is 0.273. The van der Waals surface area contributed by atoms with Gasteiger partial charge in [-0.05, 0) is 28.2 Å². The summed E-state index contributed by atoms with van der Waals surface area (Å²) in [7, 11) is 0. The molecular weight excluding hydrogens is 461 g/mol. The molecule has 0 aliphatic heterocycles. The van der Waals surface area contributed by atoms with Gasteiger partial charge in [0.1, 0.15) is 0 Å². The van der Waals surface area contributed by atoms with Crippen molar-refractivity contribution in [3.63, 3.8) is 0 Å². The largest absolute Gasteiger partial charge is 0.370 e. The van der Waals surface area contributed by atoms with Crippen LogP contribution in [0.2, 0.25) is 0 Å². The second-order valence-corrected chi connectivity index (χ2v) is 7.07. The molecule has 148 valence electrons.